The first-order chi connectivity index (χ1) is 7.95. The van der Waals surface area contributed by atoms with E-state index in [2.05, 4.69) is 20.8 Å². The van der Waals surface area contributed by atoms with E-state index in [0.717, 1.165) is 45.1 Å². The van der Waals surface area contributed by atoms with Crippen molar-refractivity contribution < 1.29 is 14.9 Å². The molecule has 0 bridgehead atoms. The number of hydrogen-bond donors (Lipinski definition) is 2. The Kier molecular flexibility index (Phi) is 9.79. The maximum Gasteiger partial charge on any atom is 0.0778 e. The third kappa shape index (κ3) is 13.8. The third-order valence-corrected chi connectivity index (χ3v) is 2.61. The minimum absolute atomic E-state index is 0.160. The molecule has 1 atom stereocenters. The molecule has 0 amide bonds. The standard InChI is InChI=1S/C14H30O3/c1-14(2,3)11-13(16)12-17-10-8-6-4-5-7-9-15/h13,15-16H,4-12H2,1-3H3. The Morgan fingerprint density at radius 2 is 1.59 bits per heavy atom. The van der Waals surface area contributed by atoms with Gasteiger partial charge >= 0.3 is 0 Å². The third-order valence-electron chi connectivity index (χ3n) is 2.61. The van der Waals surface area contributed by atoms with Crippen molar-refractivity contribution in [1.29, 1.82) is 0 Å². The molecular formula is C14H30O3. The van der Waals surface area contributed by atoms with Crippen LogP contribution in [0.3, 0.4) is 0 Å². The van der Waals surface area contributed by atoms with Gasteiger partial charge in [0, 0.05) is 13.2 Å². The molecule has 0 fully saturated rings. The summed E-state index contributed by atoms with van der Waals surface area (Å²) in [5, 5.41) is 18.3. The summed E-state index contributed by atoms with van der Waals surface area (Å²) in [4.78, 5) is 0. The number of rotatable bonds is 10. The minimum Gasteiger partial charge on any atom is -0.396 e. The van der Waals surface area contributed by atoms with Crippen molar-refractivity contribution in [2.75, 3.05) is 19.8 Å². The molecule has 17 heavy (non-hydrogen) atoms. The van der Waals surface area contributed by atoms with E-state index in [1.54, 1.807) is 0 Å². The fourth-order valence-electron chi connectivity index (χ4n) is 1.83. The molecule has 0 saturated carbocycles. The molecule has 0 aliphatic carbocycles. The van der Waals surface area contributed by atoms with Crippen molar-refractivity contribution in [3.8, 4) is 0 Å². The van der Waals surface area contributed by atoms with Crippen molar-refractivity contribution in [3.63, 3.8) is 0 Å². The first kappa shape index (κ1) is 16.9. The van der Waals surface area contributed by atoms with E-state index >= 15 is 0 Å². The molecule has 0 aromatic rings. The Morgan fingerprint density at radius 1 is 1.00 bits per heavy atom. The van der Waals surface area contributed by atoms with Crippen LogP contribution in [0.1, 0.15) is 59.3 Å². The van der Waals surface area contributed by atoms with E-state index < -0.39 is 0 Å². The van der Waals surface area contributed by atoms with Gasteiger partial charge in [-0.2, -0.15) is 0 Å². The van der Waals surface area contributed by atoms with Gasteiger partial charge in [-0.3, -0.25) is 0 Å². The van der Waals surface area contributed by atoms with Gasteiger partial charge in [-0.05, 0) is 24.7 Å². The van der Waals surface area contributed by atoms with Gasteiger partial charge in [-0.1, -0.05) is 40.0 Å². The molecule has 3 nitrogen and oxygen atoms in total. The second-order valence-corrected chi connectivity index (χ2v) is 5.98. The maximum atomic E-state index is 9.70. The minimum atomic E-state index is -0.343. The summed E-state index contributed by atoms with van der Waals surface area (Å²) in [5.74, 6) is 0. The number of hydrogen-bond acceptors (Lipinski definition) is 3. The van der Waals surface area contributed by atoms with Crippen molar-refractivity contribution in [3.05, 3.63) is 0 Å². The molecule has 0 rings (SSSR count). The van der Waals surface area contributed by atoms with Crippen LogP contribution in [0, 0.1) is 5.41 Å². The molecular weight excluding hydrogens is 216 g/mol. The molecule has 0 aliphatic rings. The second kappa shape index (κ2) is 9.86. The van der Waals surface area contributed by atoms with Crippen LogP contribution in [0.2, 0.25) is 0 Å². The first-order valence-electron chi connectivity index (χ1n) is 6.82. The molecule has 3 heteroatoms. The van der Waals surface area contributed by atoms with Crippen LogP contribution in [0.15, 0.2) is 0 Å². The van der Waals surface area contributed by atoms with Crippen LogP contribution < -0.4 is 0 Å². The maximum absolute atomic E-state index is 9.70. The predicted octanol–water partition coefficient (Wildman–Crippen LogP) is 2.74. The smallest absolute Gasteiger partial charge is 0.0778 e. The molecule has 0 aromatic carbocycles. The summed E-state index contributed by atoms with van der Waals surface area (Å²) < 4.78 is 5.45. The summed E-state index contributed by atoms with van der Waals surface area (Å²) in [6, 6.07) is 0. The highest BCUT2D eigenvalue weighted by molar-refractivity contribution is 4.67. The van der Waals surface area contributed by atoms with Gasteiger partial charge in [-0.25, -0.2) is 0 Å². The van der Waals surface area contributed by atoms with Crippen LogP contribution in [-0.2, 0) is 4.74 Å². The highest BCUT2D eigenvalue weighted by Crippen LogP contribution is 2.20. The Morgan fingerprint density at radius 3 is 2.18 bits per heavy atom. The monoisotopic (exact) mass is 246 g/mol. The van der Waals surface area contributed by atoms with E-state index in [0.29, 0.717) is 13.2 Å². The lowest BCUT2D eigenvalue weighted by Crippen LogP contribution is -2.22. The van der Waals surface area contributed by atoms with Gasteiger partial charge in [0.25, 0.3) is 0 Å². The van der Waals surface area contributed by atoms with E-state index in [9.17, 15) is 5.11 Å². The van der Waals surface area contributed by atoms with Crippen molar-refractivity contribution in [2.45, 2.75) is 65.4 Å². The Balaban J connectivity index is 3.22. The SMILES string of the molecule is CC(C)(C)CC(O)COCCCCCCCO. The molecule has 0 spiro atoms. The predicted molar refractivity (Wildman–Crippen MR) is 71.1 cm³/mol. The number of unbranched alkanes of at least 4 members (excludes halogenated alkanes) is 4. The number of aliphatic hydroxyl groups is 2. The van der Waals surface area contributed by atoms with Gasteiger partial charge in [0.2, 0.25) is 0 Å². The zero-order valence-corrected chi connectivity index (χ0v) is 11.7. The largest absolute Gasteiger partial charge is 0.396 e. The van der Waals surface area contributed by atoms with Gasteiger partial charge in [0.15, 0.2) is 0 Å². The zero-order valence-electron chi connectivity index (χ0n) is 11.7. The van der Waals surface area contributed by atoms with Crippen LogP contribution >= 0.6 is 0 Å². The Labute approximate surface area is 106 Å². The van der Waals surface area contributed by atoms with E-state index in [4.69, 9.17) is 9.84 Å². The summed E-state index contributed by atoms with van der Waals surface area (Å²) in [6.45, 7) is 7.86. The number of ether oxygens (including phenoxy) is 1. The van der Waals surface area contributed by atoms with Crippen molar-refractivity contribution in [1.82, 2.24) is 0 Å². The molecule has 0 aliphatic heterocycles. The summed E-state index contributed by atoms with van der Waals surface area (Å²) in [6.07, 6.45) is 5.80. The molecule has 2 N–H and O–H groups in total. The van der Waals surface area contributed by atoms with E-state index in [1.165, 1.54) is 0 Å². The molecule has 104 valence electrons. The average Bonchev–Trinajstić information content (AvgIpc) is 2.19. The fourth-order valence-corrected chi connectivity index (χ4v) is 1.83. The van der Waals surface area contributed by atoms with E-state index in [-0.39, 0.29) is 11.5 Å². The Hall–Kier alpha value is -0.120. The molecule has 0 saturated heterocycles. The molecule has 0 heterocycles. The lowest BCUT2D eigenvalue weighted by atomic mass is 9.89. The van der Waals surface area contributed by atoms with Crippen LogP contribution in [0.25, 0.3) is 0 Å². The lowest BCUT2D eigenvalue weighted by Gasteiger charge is -2.22. The van der Waals surface area contributed by atoms with Gasteiger partial charge in [0.1, 0.15) is 0 Å². The quantitative estimate of drug-likeness (QED) is 0.583. The highest BCUT2D eigenvalue weighted by atomic mass is 16.5. The Bertz CT molecular complexity index is 163. The number of aliphatic hydroxyl groups excluding tert-OH is 2. The molecule has 1 unspecified atom stereocenters. The zero-order chi connectivity index (χ0) is 13.1. The first-order valence-corrected chi connectivity index (χ1v) is 6.82. The van der Waals surface area contributed by atoms with Crippen molar-refractivity contribution >= 4 is 0 Å². The molecule has 0 radical (unpaired) electrons. The second-order valence-electron chi connectivity index (χ2n) is 5.98. The van der Waals surface area contributed by atoms with Crippen LogP contribution in [-0.4, -0.2) is 36.1 Å². The average molecular weight is 246 g/mol. The summed E-state index contributed by atoms with van der Waals surface area (Å²) in [5.41, 5.74) is 0.160. The van der Waals surface area contributed by atoms with Crippen molar-refractivity contribution in [2.24, 2.45) is 5.41 Å². The van der Waals surface area contributed by atoms with Crippen LogP contribution in [0.5, 0.6) is 0 Å². The summed E-state index contributed by atoms with van der Waals surface area (Å²) in [7, 11) is 0. The van der Waals surface area contributed by atoms with E-state index in [1.807, 2.05) is 0 Å². The van der Waals surface area contributed by atoms with Gasteiger partial charge in [0.05, 0.1) is 12.7 Å². The topological polar surface area (TPSA) is 49.7 Å². The fraction of sp³-hybridized carbons (Fsp3) is 1.00. The van der Waals surface area contributed by atoms with Gasteiger partial charge < -0.3 is 14.9 Å². The normalized spacial score (nSPS) is 13.9. The molecule has 0 aromatic heterocycles. The summed E-state index contributed by atoms with van der Waals surface area (Å²) >= 11 is 0. The van der Waals surface area contributed by atoms with Gasteiger partial charge in [-0.15, -0.1) is 0 Å². The highest BCUT2D eigenvalue weighted by Gasteiger charge is 2.16. The van der Waals surface area contributed by atoms with Crippen LogP contribution in [0.4, 0.5) is 0 Å². The lowest BCUT2D eigenvalue weighted by molar-refractivity contribution is 0.0150.